The molecule has 0 fully saturated rings. The van der Waals surface area contributed by atoms with Gasteiger partial charge in [0.15, 0.2) is 0 Å². The van der Waals surface area contributed by atoms with Crippen molar-refractivity contribution in [3.63, 3.8) is 0 Å². The lowest BCUT2D eigenvalue weighted by molar-refractivity contribution is 0.573. The van der Waals surface area contributed by atoms with E-state index >= 15 is 0 Å². The first-order valence-electron chi connectivity index (χ1n) is 5.78. The van der Waals surface area contributed by atoms with Gasteiger partial charge in [0.25, 0.3) is 0 Å². The van der Waals surface area contributed by atoms with Crippen LogP contribution in [0.5, 0.6) is 0 Å². The Morgan fingerprint density at radius 2 is 1.84 bits per heavy atom. The largest absolute Gasteiger partial charge is 0.367 e. The highest BCUT2D eigenvalue weighted by atomic mass is 32.1. The van der Waals surface area contributed by atoms with Gasteiger partial charge in [-0.15, -0.1) is 17.7 Å². The third kappa shape index (κ3) is 3.44. The van der Waals surface area contributed by atoms with Crippen molar-refractivity contribution in [3.05, 3.63) is 34.7 Å². The molecule has 0 radical (unpaired) electrons. The summed E-state index contributed by atoms with van der Waals surface area (Å²) in [6, 6.07) is 2.38. The summed E-state index contributed by atoms with van der Waals surface area (Å²) in [5.74, 6) is 3.62. The van der Waals surface area contributed by atoms with E-state index in [9.17, 15) is 8.78 Å². The molecule has 0 aliphatic heterocycles. The molecule has 19 heavy (non-hydrogen) atoms. The second kappa shape index (κ2) is 7.08. The van der Waals surface area contributed by atoms with Crippen LogP contribution in [-0.4, -0.2) is 13.1 Å². The number of hydrogen-bond donors (Lipinski definition) is 2. The van der Waals surface area contributed by atoms with Gasteiger partial charge in [0.1, 0.15) is 23.0 Å². The number of benzene rings is 1. The summed E-state index contributed by atoms with van der Waals surface area (Å²) in [6.07, 6.45) is 0. The predicted molar refractivity (Wildman–Crippen MR) is 75.9 cm³/mol. The Morgan fingerprint density at radius 3 is 2.21 bits per heavy atom. The molecule has 0 atom stereocenters. The van der Waals surface area contributed by atoms with Crippen molar-refractivity contribution in [1.29, 1.82) is 0 Å². The van der Waals surface area contributed by atoms with Crippen LogP contribution in [0, 0.1) is 11.6 Å². The monoisotopic (exact) mass is 286 g/mol. The average molecular weight is 286 g/mol. The minimum absolute atomic E-state index is 0.0445. The van der Waals surface area contributed by atoms with Crippen molar-refractivity contribution < 1.29 is 8.78 Å². The highest BCUT2D eigenvalue weighted by Crippen LogP contribution is 2.28. The molecule has 0 unspecified atom stereocenters. The van der Waals surface area contributed by atoms with Gasteiger partial charge in [0, 0.05) is 18.7 Å². The van der Waals surface area contributed by atoms with Crippen molar-refractivity contribution >= 4 is 24.0 Å². The molecule has 0 spiro atoms. The Morgan fingerprint density at radius 1 is 1.32 bits per heavy atom. The van der Waals surface area contributed by atoms with E-state index in [1.54, 1.807) is 4.90 Å². The SMILES string of the molecule is CCN(CC)c1c(F)cc(/C(=C/S)N=NN)cc1F. The summed E-state index contributed by atoms with van der Waals surface area (Å²) in [5.41, 5.74) is 0.377. The van der Waals surface area contributed by atoms with E-state index in [1.165, 1.54) is 17.5 Å². The number of anilines is 1. The Hall–Kier alpha value is -1.63. The average Bonchev–Trinajstić information content (AvgIpc) is 2.39. The van der Waals surface area contributed by atoms with Crippen molar-refractivity contribution in [3.8, 4) is 0 Å². The zero-order chi connectivity index (χ0) is 14.4. The molecular formula is C12H16F2N4S. The van der Waals surface area contributed by atoms with Crippen LogP contribution in [0.15, 0.2) is 27.9 Å². The van der Waals surface area contributed by atoms with E-state index in [2.05, 4.69) is 23.0 Å². The van der Waals surface area contributed by atoms with Crippen LogP contribution in [0.1, 0.15) is 19.4 Å². The van der Waals surface area contributed by atoms with Crippen molar-refractivity contribution in [1.82, 2.24) is 0 Å². The molecule has 0 heterocycles. The highest BCUT2D eigenvalue weighted by molar-refractivity contribution is 7.83. The maximum atomic E-state index is 14.0. The van der Waals surface area contributed by atoms with Gasteiger partial charge >= 0.3 is 0 Å². The third-order valence-corrected chi connectivity index (χ3v) is 2.92. The summed E-state index contributed by atoms with van der Waals surface area (Å²) >= 11 is 3.91. The number of nitrogens with zero attached hydrogens (tertiary/aromatic N) is 3. The van der Waals surface area contributed by atoms with E-state index in [1.807, 2.05) is 13.8 Å². The summed E-state index contributed by atoms with van der Waals surface area (Å²) < 4.78 is 28.1. The van der Waals surface area contributed by atoms with Crippen LogP contribution in [0.3, 0.4) is 0 Å². The molecule has 104 valence electrons. The van der Waals surface area contributed by atoms with Gasteiger partial charge in [-0.3, -0.25) is 0 Å². The van der Waals surface area contributed by atoms with Gasteiger partial charge in [-0.2, -0.15) is 0 Å². The molecule has 1 aromatic carbocycles. The van der Waals surface area contributed by atoms with Crippen LogP contribution in [0.4, 0.5) is 14.5 Å². The van der Waals surface area contributed by atoms with Gasteiger partial charge in [-0.05, 0) is 31.4 Å². The molecule has 0 amide bonds. The molecule has 0 aromatic heterocycles. The lowest BCUT2D eigenvalue weighted by atomic mass is 10.1. The molecule has 4 nitrogen and oxygen atoms in total. The van der Waals surface area contributed by atoms with E-state index in [0.29, 0.717) is 13.1 Å². The number of thiol groups is 1. The molecule has 0 aliphatic carbocycles. The summed E-state index contributed by atoms with van der Waals surface area (Å²) in [6.45, 7) is 4.69. The van der Waals surface area contributed by atoms with Gasteiger partial charge < -0.3 is 10.7 Å². The predicted octanol–water partition coefficient (Wildman–Crippen LogP) is 3.37. The molecule has 1 rings (SSSR count). The van der Waals surface area contributed by atoms with Crippen LogP contribution >= 0.6 is 12.6 Å². The molecule has 0 bridgehead atoms. The first kappa shape index (κ1) is 15.4. The zero-order valence-electron chi connectivity index (χ0n) is 10.8. The second-order valence-electron chi connectivity index (χ2n) is 3.69. The first-order valence-corrected chi connectivity index (χ1v) is 6.30. The van der Waals surface area contributed by atoms with Crippen molar-refractivity contribution in [2.24, 2.45) is 16.2 Å². The topological polar surface area (TPSA) is 54.0 Å². The highest BCUT2D eigenvalue weighted by Gasteiger charge is 2.17. The lowest BCUT2D eigenvalue weighted by Gasteiger charge is -2.22. The van der Waals surface area contributed by atoms with Crippen LogP contribution in [0.2, 0.25) is 0 Å². The Labute approximate surface area is 116 Å². The molecule has 7 heteroatoms. The molecule has 2 N–H and O–H groups in total. The molecule has 0 saturated heterocycles. The molecule has 0 saturated carbocycles. The third-order valence-electron chi connectivity index (χ3n) is 2.68. The van der Waals surface area contributed by atoms with Gasteiger partial charge in [-0.25, -0.2) is 8.78 Å². The number of hydrogen-bond acceptors (Lipinski definition) is 4. The second-order valence-corrected chi connectivity index (χ2v) is 3.95. The van der Waals surface area contributed by atoms with Crippen molar-refractivity contribution in [2.45, 2.75) is 13.8 Å². The minimum Gasteiger partial charge on any atom is -0.367 e. The fourth-order valence-corrected chi connectivity index (χ4v) is 1.98. The quantitative estimate of drug-likeness (QED) is 0.377. The zero-order valence-corrected chi connectivity index (χ0v) is 11.7. The smallest absolute Gasteiger partial charge is 0.150 e. The van der Waals surface area contributed by atoms with E-state index in [4.69, 9.17) is 5.84 Å². The van der Waals surface area contributed by atoms with E-state index in [-0.39, 0.29) is 16.9 Å². The molecule has 0 aliphatic rings. The summed E-state index contributed by atoms with van der Waals surface area (Å²) in [4.78, 5) is 1.60. The Bertz CT molecular complexity index is 475. The number of nitrogens with two attached hydrogens (primary N) is 1. The van der Waals surface area contributed by atoms with Crippen molar-refractivity contribution in [2.75, 3.05) is 18.0 Å². The van der Waals surface area contributed by atoms with Crippen LogP contribution in [-0.2, 0) is 0 Å². The summed E-state index contributed by atoms with van der Waals surface area (Å²) in [5, 5.41) is 7.91. The van der Waals surface area contributed by atoms with Crippen LogP contribution < -0.4 is 10.7 Å². The fourth-order valence-electron chi connectivity index (χ4n) is 1.78. The first-order chi connectivity index (χ1) is 9.08. The fraction of sp³-hybridized carbons (Fsp3) is 0.333. The lowest BCUT2D eigenvalue weighted by Crippen LogP contribution is -2.24. The van der Waals surface area contributed by atoms with E-state index in [0.717, 1.165) is 0 Å². The number of rotatable bonds is 5. The van der Waals surface area contributed by atoms with Gasteiger partial charge in [0.05, 0.1) is 0 Å². The Balaban J connectivity index is 3.31. The van der Waals surface area contributed by atoms with E-state index < -0.39 is 11.6 Å². The maximum absolute atomic E-state index is 14.0. The summed E-state index contributed by atoms with van der Waals surface area (Å²) in [7, 11) is 0. The van der Waals surface area contributed by atoms with Crippen LogP contribution in [0.25, 0.3) is 5.70 Å². The minimum atomic E-state index is -0.654. The molecular weight excluding hydrogens is 270 g/mol. The molecule has 1 aromatic rings. The maximum Gasteiger partial charge on any atom is 0.150 e. The van der Waals surface area contributed by atoms with Gasteiger partial charge in [-0.1, -0.05) is 5.22 Å². The standard InChI is InChI=1S/C12H16F2N4S/c1-3-18(4-2)12-9(13)5-8(6-10(12)14)11(7-19)16-17-15/h5-7,19H,3-4H2,1-2H3,(H2,15,16)/b11-7-. The van der Waals surface area contributed by atoms with Gasteiger partial charge in [0.2, 0.25) is 0 Å². The number of halogens is 2. The Kier molecular flexibility index (Phi) is 5.75. The normalized spacial score (nSPS) is 12.2.